The minimum absolute atomic E-state index is 0.115. The van der Waals surface area contributed by atoms with E-state index in [-0.39, 0.29) is 31.6 Å². The van der Waals surface area contributed by atoms with E-state index in [1.54, 1.807) is 30.3 Å². The summed E-state index contributed by atoms with van der Waals surface area (Å²) in [5.74, 6) is -0.369. The van der Waals surface area contributed by atoms with Gasteiger partial charge in [-0.05, 0) is 0 Å². The Morgan fingerprint density at radius 3 is 1.61 bits per heavy atom. The molecule has 1 aliphatic carbocycles. The Labute approximate surface area is 226 Å². The van der Waals surface area contributed by atoms with Crippen molar-refractivity contribution in [3.63, 3.8) is 0 Å². The normalized spacial score (nSPS) is 12.8. The Bertz CT molecular complexity index is 1800. The third-order valence-corrected chi connectivity index (χ3v) is 9.17. The van der Waals surface area contributed by atoms with Gasteiger partial charge in [-0.1, -0.05) is 0 Å². The molecule has 7 rings (SSSR count). The fourth-order valence-electron chi connectivity index (χ4n) is 5.26. The zero-order valence-corrected chi connectivity index (χ0v) is 22.0. The minimum atomic E-state index is -0.185. The first-order chi connectivity index (χ1) is 18.7. The second-order valence-corrected chi connectivity index (χ2v) is 11.6. The molecule has 0 unspecified atom stereocenters. The number of anilines is 3. The van der Waals surface area contributed by atoms with Crippen LogP contribution in [0.4, 0.5) is 15.9 Å². The summed E-state index contributed by atoms with van der Waals surface area (Å²) in [5.41, 5.74) is 3.47. The van der Waals surface area contributed by atoms with Crippen LogP contribution in [0.2, 0.25) is 0 Å². The van der Waals surface area contributed by atoms with E-state index in [2.05, 4.69) is 102 Å². The number of fused-ring (bicyclic) bond motifs is 3. The van der Waals surface area contributed by atoms with E-state index in [1.807, 2.05) is 0 Å². The number of nitrogens with zero attached hydrogens (tertiary/aromatic N) is 1. The molecule has 0 N–H and O–H groups in total. The molecule has 0 amide bonds. The van der Waals surface area contributed by atoms with Crippen LogP contribution < -0.4 is 4.90 Å². The van der Waals surface area contributed by atoms with E-state index in [1.165, 1.54) is 21.5 Å². The summed E-state index contributed by atoms with van der Waals surface area (Å²) in [6.07, 6.45) is 1.80. The molecule has 180 valence electrons. The van der Waals surface area contributed by atoms with Crippen molar-refractivity contribution in [3.8, 4) is 0 Å². The standard InChI is InChI=1S/C34H21NO2Se/c36-33-27-15-5-6-16-28(27)34(37)29(33)21-24-19-20-32(38-24)35(30-17-7-11-22-9-1-3-13-25(22)30)31-18-8-12-23-10-2-4-14-26(23)31/h1-21H. The fraction of sp³-hybridized carbons (Fsp3) is 0. The maximum atomic E-state index is 13.0. The number of benzene rings is 5. The first kappa shape index (κ1) is 22.7. The van der Waals surface area contributed by atoms with Crippen molar-refractivity contribution in [1.29, 1.82) is 0 Å². The maximum absolute atomic E-state index is 13.0. The van der Waals surface area contributed by atoms with Crippen molar-refractivity contribution in [3.05, 3.63) is 142 Å². The molecule has 0 saturated heterocycles. The number of carbonyl (C=O) groups excluding carboxylic acids is 2. The van der Waals surface area contributed by atoms with Crippen LogP contribution in [-0.4, -0.2) is 26.1 Å². The zero-order chi connectivity index (χ0) is 25.6. The number of rotatable bonds is 4. The first-order valence-corrected chi connectivity index (χ1v) is 14.2. The number of allylic oxidation sites excluding steroid dienone is 1. The monoisotopic (exact) mass is 555 g/mol. The molecule has 0 saturated carbocycles. The third-order valence-electron chi connectivity index (χ3n) is 7.04. The molecule has 38 heavy (non-hydrogen) atoms. The molecule has 5 aromatic carbocycles. The number of carbonyl (C=O) groups is 2. The van der Waals surface area contributed by atoms with Gasteiger partial charge in [-0.25, -0.2) is 0 Å². The van der Waals surface area contributed by atoms with Crippen LogP contribution in [0.25, 0.3) is 27.6 Å². The predicted octanol–water partition coefficient (Wildman–Crippen LogP) is 7.98. The number of ketones is 2. The van der Waals surface area contributed by atoms with E-state index >= 15 is 0 Å². The fourth-order valence-corrected chi connectivity index (χ4v) is 7.31. The Kier molecular flexibility index (Phi) is 5.44. The Hall–Kier alpha value is -4.50. The van der Waals surface area contributed by atoms with Gasteiger partial charge in [-0.2, -0.15) is 0 Å². The molecule has 1 aliphatic rings. The van der Waals surface area contributed by atoms with Crippen LogP contribution in [0, 0.1) is 0 Å². The summed E-state index contributed by atoms with van der Waals surface area (Å²) < 4.78 is 2.15. The second-order valence-electron chi connectivity index (χ2n) is 9.27. The summed E-state index contributed by atoms with van der Waals surface area (Å²) in [5, 5.41) is 4.69. The molecule has 0 spiro atoms. The van der Waals surface area contributed by atoms with Gasteiger partial charge in [-0.3, -0.25) is 0 Å². The van der Waals surface area contributed by atoms with E-state index in [4.69, 9.17) is 0 Å². The molecule has 1 aromatic heterocycles. The molecule has 0 fully saturated rings. The van der Waals surface area contributed by atoms with Gasteiger partial charge in [0.05, 0.1) is 0 Å². The Morgan fingerprint density at radius 2 is 1.03 bits per heavy atom. The number of hydrogen-bond donors (Lipinski definition) is 0. The molecule has 1 heterocycles. The molecule has 4 heteroatoms. The Balaban J connectivity index is 1.40. The van der Waals surface area contributed by atoms with Crippen LogP contribution in [0.15, 0.2) is 127 Å². The summed E-state index contributed by atoms with van der Waals surface area (Å²) in [4.78, 5) is 28.4. The SMILES string of the molecule is O=C1C(=Cc2ccc(N(c3cccc4ccccc34)c3cccc4ccccc34)[se]2)C(=O)c2ccccc21. The van der Waals surface area contributed by atoms with Gasteiger partial charge in [0.25, 0.3) is 0 Å². The van der Waals surface area contributed by atoms with Crippen molar-refractivity contribution in [2.24, 2.45) is 0 Å². The van der Waals surface area contributed by atoms with Crippen LogP contribution in [0.1, 0.15) is 25.2 Å². The molecular formula is C34H21NO2Se. The first-order valence-electron chi connectivity index (χ1n) is 12.4. The van der Waals surface area contributed by atoms with E-state index < -0.39 is 0 Å². The van der Waals surface area contributed by atoms with E-state index in [9.17, 15) is 9.59 Å². The molecule has 0 aliphatic heterocycles. The van der Waals surface area contributed by atoms with Crippen molar-refractivity contribution in [2.45, 2.75) is 0 Å². The van der Waals surface area contributed by atoms with Gasteiger partial charge in [0, 0.05) is 0 Å². The van der Waals surface area contributed by atoms with Gasteiger partial charge in [0.2, 0.25) is 0 Å². The summed E-state index contributed by atoms with van der Waals surface area (Å²) in [7, 11) is 0. The summed E-state index contributed by atoms with van der Waals surface area (Å²) in [6.45, 7) is 0. The van der Waals surface area contributed by atoms with Gasteiger partial charge in [-0.15, -0.1) is 0 Å². The van der Waals surface area contributed by atoms with Gasteiger partial charge in [0.15, 0.2) is 0 Å². The Morgan fingerprint density at radius 1 is 0.526 bits per heavy atom. The van der Waals surface area contributed by atoms with Gasteiger partial charge in [0.1, 0.15) is 0 Å². The van der Waals surface area contributed by atoms with E-state index in [0.717, 1.165) is 20.4 Å². The average Bonchev–Trinajstić information content (AvgIpc) is 3.52. The van der Waals surface area contributed by atoms with Crippen LogP contribution in [0.3, 0.4) is 0 Å². The van der Waals surface area contributed by atoms with Crippen molar-refractivity contribution in [1.82, 2.24) is 0 Å². The van der Waals surface area contributed by atoms with Crippen LogP contribution in [0.5, 0.6) is 0 Å². The number of hydrogen-bond acceptors (Lipinski definition) is 3. The number of Topliss-reactive ketones (excluding diaryl/α,β-unsaturated/α-hetero) is 2. The predicted molar refractivity (Wildman–Crippen MR) is 156 cm³/mol. The van der Waals surface area contributed by atoms with Crippen molar-refractivity contribution >= 4 is 69.6 Å². The molecular weight excluding hydrogens is 533 g/mol. The van der Waals surface area contributed by atoms with Crippen molar-refractivity contribution in [2.75, 3.05) is 4.90 Å². The average molecular weight is 555 g/mol. The molecule has 0 bridgehead atoms. The molecule has 6 aromatic rings. The summed E-state index contributed by atoms with van der Waals surface area (Å²) >= 11 is -0.115. The van der Waals surface area contributed by atoms with E-state index in [0.29, 0.717) is 11.1 Å². The second kappa shape index (κ2) is 9.11. The third kappa shape index (κ3) is 3.66. The quantitative estimate of drug-likeness (QED) is 0.126. The topological polar surface area (TPSA) is 37.4 Å². The molecule has 0 radical (unpaired) electrons. The van der Waals surface area contributed by atoms with Gasteiger partial charge >= 0.3 is 227 Å². The van der Waals surface area contributed by atoms with Crippen molar-refractivity contribution < 1.29 is 9.59 Å². The van der Waals surface area contributed by atoms with Gasteiger partial charge < -0.3 is 0 Å². The van der Waals surface area contributed by atoms with Crippen LogP contribution in [-0.2, 0) is 0 Å². The molecule has 3 nitrogen and oxygen atoms in total. The zero-order valence-electron chi connectivity index (χ0n) is 20.3. The molecule has 0 atom stereocenters. The summed E-state index contributed by atoms with van der Waals surface area (Å²) in [6, 6.07) is 40.9. The van der Waals surface area contributed by atoms with Crippen LogP contribution >= 0.6 is 0 Å².